The molecule has 2 aromatic rings. The third-order valence-electron chi connectivity index (χ3n) is 3.51. The Kier molecular flexibility index (Phi) is 6.58. The molecule has 1 aliphatic rings. The Morgan fingerprint density at radius 2 is 1.96 bits per heavy atom. The van der Waals surface area contributed by atoms with Gasteiger partial charge in [-0.05, 0) is 53.2 Å². The Morgan fingerprint density at radius 1 is 1.21 bits per heavy atom. The van der Waals surface area contributed by atoms with Gasteiger partial charge in [0.25, 0.3) is 0 Å². The number of carbonyl (C=O) groups is 1. The molecule has 11 heteroatoms. The van der Waals surface area contributed by atoms with E-state index in [2.05, 4.69) is 47.4 Å². The molecule has 0 aliphatic carbocycles. The van der Waals surface area contributed by atoms with Crippen LogP contribution in [0.1, 0.15) is 12.5 Å². The first-order valence-corrected chi connectivity index (χ1v) is 11.7. The number of benzene rings is 2. The maximum atomic E-state index is 12.7. The number of halogens is 2. The van der Waals surface area contributed by atoms with E-state index in [0.29, 0.717) is 19.7 Å². The lowest BCUT2D eigenvalue weighted by molar-refractivity contribution is -0.118. The van der Waals surface area contributed by atoms with E-state index in [1.165, 1.54) is 30.1 Å². The highest BCUT2D eigenvalue weighted by atomic mass is 79.9. The van der Waals surface area contributed by atoms with Gasteiger partial charge in [0.05, 0.1) is 11.5 Å². The number of para-hydroxylation sites is 1. The number of nitrogens with zero attached hydrogens (tertiary/aromatic N) is 2. The summed E-state index contributed by atoms with van der Waals surface area (Å²) in [5, 5.41) is 10.6. The molecule has 0 bridgehead atoms. The zero-order valence-corrected chi connectivity index (χ0v) is 19.1. The number of hydrogen-bond acceptors (Lipinski definition) is 7. The van der Waals surface area contributed by atoms with E-state index in [-0.39, 0.29) is 21.8 Å². The molecule has 1 heterocycles. The Morgan fingerprint density at radius 3 is 2.68 bits per heavy atom. The smallest absolute Gasteiger partial charge is 0.340 e. The van der Waals surface area contributed by atoms with Gasteiger partial charge in [0.2, 0.25) is 5.91 Å². The first kappa shape index (κ1) is 21.0. The summed E-state index contributed by atoms with van der Waals surface area (Å²) in [7, 11) is -4.08. The van der Waals surface area contributed by atoms with Crippen LogP contribution in [0.15, 0.2) is 66.5 Å². The summed E-state index contributed by atoms with van der Waals surface area (Å²) in [5.41, 5.74) is 0.420. The molecule has 1 fully saturated rings. The predicted molar refractivity (Wildman–Crippen MR) is 116 cm³/mol. The fourth-order valence-electron chi connectivity index (χ4n) is 2.14. The summed E-state index contributed by atoms with van der Waals surface area (Å²) >= 11 is 7.74. The second-order valence-corrected chi connectivity index (χ2v) is 10.2. The molecule has 1 N–H and O–H groups in total. The van der Waals surface area contributed by atoms with Crippen molar-refractivity contribution >= 4 is 71.0 Å². The number of amidine groups is 1. The number of amides is 1. The fraction of sp³-hybridized carbons (Fsp3) is 0.118. The van der Waals surface area contributed by atoms with Gasteiger partial charge in [0, 0.05) is 14.5 Å². The molecule has 0 unspecified atom stereocenters. The van der Waals surface area contributed by atoms with E-state index in [4.69, 9.17) is 4.18 Å². The standard InChI is InChI=1S/C17H13Br2N3O4S2/c1-10-16(23)21-17(27-10)22-20-9-11-4-2-3-5-14(11)26-28(24,25)15-8-12(18)6-7-13(15)19/h2-10H,1H3,(H,21,22,23)/t10-/m0/s1. The molecular weight excluding hydrogens is 534 g/mol. The summed E-state index contributed by atoms with van der Waals surface area (Å²) in [5.74, 6) is -0.0248. The summed E-state index contributed by atoms with van der Waals surface area (Å²) < 4.78 is 31.7. The highest BCUT2D eigenvalue weighted by Gasteiger charge is 2.26. The van der Waals surface area contributed by atoms with Crippen LogP contribution in [0.3, 0.4) is 0 Å². The lowest BCUT2D eigenvalue weighted by Crippen LogP contribution is -2.23. The largest absolute Gasteiger partial charge is 0.378 e. The molecule has 28 heavy (non-hydrogen) atoms. The highest BCUT2D eigenvalue weighted by Crippen LogP contribution is 2.29. The van der Waals surface area contributed by atoms with Crippen LogP contribution in [0.2, 0.25) is 0 Å². The van der Waals surface area contributed by atoms with Crippen molar-refractivity contribution in [1.29, 1.82) is 0 Å². The number of nitrogens with one attached hydrogen (secondary N) is 1. The van der Waals surface area contributed by atoms with Gasteiger partial charge in [0.1, 0.15) is 4.90 Å². The van der Waals surface area contributed by atoms with Crippen LogP contribution >= 0.6 is 43.6 Å². The maximum absolute atomic E-state index is 12.7. The molecule has 7 nitrogen and oxygen atoms in total. The summed E-state index contributed by atoms with van der Waals surface area (Å²) in [4.78, 5) is 11.4. The van der Waals surface area contributed by atoms with Crippen molar-refractivity contribution in [3.05, 3.63) is 57.0 Å². The Bertz CT molecular complexity index is 1090. The van der Waals surface area contributed by atoms with Crippen molar-refractivity contribution in [1.82, 2.24) is 5.32 Å². The maximum Gasteiger partial charge on any atom is 0.340 e. The van der Waals surface area contributed by atoms with Crippen LogP contribution in [0.5, 0.6) is 5.75 Å². The number of thioether (sulfide) groups is 1. The van der Waals surface area contributed by atoms with Crippen molar-refractivity contribution in [3.63, 3.8) is 0 Å². The molecule has 0 radical (unpaired) electrons. The molecular formula is C17H13Br2N3O4S2. The fourth-order valence-corrected chi connectivity index (χ4v) is 5.31. The molecule has 0 saturated carbocycles. The molecule has 1 saturated heterocycles. The van der Waals surface area contributed by atoms with Gasteiger partial charge in [-0.3, -0.25) is 4.79 Å². The van der Waals surface area contributed by atoms with Crippen molar-refractivity contribution in [3.8, 4) is 5.75 Å². The molecule has 0 aromatic heterocycles. The molecule has 1 amide bonds. The second-order valence-electron chi connectivity index (χ2n) is 5.55. The molecule has 3 rings (SSSR count). The van der Waals surface area contributed by atoms with E-state index in [1.807, 2.05) is 0 Å². The van der Waals surface area contributed by atoms with E-state index >= 15 is 0 Å². The van der Waals surface area contributed by atoms with Crippen LogP contribution in [-0.2, 0) is 14.9 Å². The van der Waals surface area contributed by atoms with E-state index in [1.54, 1.807) is 37.3 Å². The topological polar surface area (TPSA) is 97.2 Å². The van der Waals surface area contributed by atoms with Gasteiger partial charge < -0.3 is 9.50 Å². The summed E-state index contributed by atoms with van der Waals surface area (Å²) in [6.07, 6.45) is 1.36. The second kappa shape index (κ2) is 8.76. The Balaban J connectivity index is 1.84. The van der Waals surface area contributed by atoms with Crippen LogP contribution in [0.4, 0.5) is 0 Å². The van der Waals surface area contributed by atoms with Crippen LogP contribution < -0.4 is 9.50 Å². The lowest BCUT2D eigenvalue weighted by atomic mass is 10.2. The molecule has 1 atom stereocenters. The van der Waals surface area contributed by atoms with Gasteiger partial charge in [0.15, 0.2) is 10.9 Å². The van der Waals surface area contributed by atoms with Crippen molar-refractivity contribution in [2.24, 2.45) is 10.2 Å². The molecule has 2 aromatic carbocycles. The van der Waals surface area contributed by atoms with Crippen molar-refractivity contribution in [2.75, 3.05) is 0 Å². The quantitative estimate of drug-likeness (QED) is 0.348. The van der Waals surface area contributed by atoms with Gasteiger partial charge in [-0.15, -0.1) is 5.10 Å². The van der Waals surface area contributed by atoms with E-state index in [0.717, 1.165) is 0 Å². The molecule has 1 aliphatic heterocycles. The first-order chi connectivity index (χ1) is 13.3. The predicted octanol–water partition coefficient (Wildman–Crippen LogP) is 3.92. The van der Waals surface area contributed by atoms with Crippen LogP contribution in [0, 0.1) is 0 Å². The SMILES string of the molecule is C[C@@H]1SC(=NN=Cc2ccccc2OS(=O)(=O)c2cc(Br)ccc2Br)NC1=O. The van der Waals surface area contributed by atoms with Gasteiger partial charge in [-0.2, -0.15) is 13.5 Å². The molecule has 0 spiro atoms. The number of rotatable bonds is 5. The third kappa shape index (κ3) is 5.02. The van der Waals surface area contributed by atoms with Crippen molar-refractivity contribution in [2.45, 2.75) is 17.1 Å². The highest BCUT2D eigenvalue weighted by molar-refractivity contribution is 9.11. The monoisotopic (exact) mass is 545 g/mol. The minimum absolute atomic E-state index is 0.00656. The zero-order chi connectivity index (χ0) is 20.3. The normalized spacial score (nSPS) is 18.6. The molecule has 146 valence electrons. The van der Waals surface area contributed by atoms with E-state index < -0.39 is 10.1 Å². The third-order valence-corrected chi connectivity index (χ3v) is 7.21. The van der Waals surface area contributed by atoms with E-state index in [9.17, 15) is 13.2 Å². The van der Waals surface area contributed by atoms with Crippen molar-refractivity contribution < 1.29 is 17.4 Å². The lowest BCUT2D eigenvalue weighted by Gasteiger charge is -2.10. The average Bonchev–Trinajstić information content (AvgIpc) is 2.96. The number of carbonyl (C=O) groups excluding carboxylic acids is 1. The average molecular weight is 547 g/mol. The minimum Gasteiger partial charge on any atom is -0.378 e. The van der Waals surface area contributed by atoms with Gasteiger partial charge in [-0.25, -0.2) is 0 Å². The first-order valence-electron chi connectivity index (χ1n) is 7.83. The Hall–Kier alpha value is -1.69. The van der Waals surface area contributed by atoms with Crippen LogP contribution in [0.25, 0.3) is 0 Å². The van der Waals surface area contributed by atoms with Crippen LogP contribution in [-0.4, -0.2) is 31.0 Å². The summed E-state index contributed by atoms with van der Waals surface area (Å²) in [6, 6.07) is 11.3. The minimum atomic E-state index is -4.08. The summed E-state index contributed by atoms with van der Waals surface area (Å²) in [6.45, 7) is 1.76. The number of hydrogen-bond donors (Lipinski definition) is 1. The Labute approximate surface area is 183 Å². The van der Waals surface area contributed by atoms with Gasteiger partial charge >= 0.3 is 10.1 Å². The zero-order valence-electron chi connectivity index (χ0n) is 14.3. The van der Waals surface area contributed by atoms with Gasteiger partial charge in [-0.1, -0.05) is 39.8 Å².